The fourth-order valence-corrected chi connectivity index (χ4v) is 11.3. The highest BCUT2D eigenvalue weighted by Gasteiger charge is 2.79. The van der Waals surface area contributed by atoms with Gasteiger partial charge in [0.15, 0.2) is 17.5 Å². The number of nitrogens with one attached hydrogen (secondary N) is 1. The van der Waals surface area contributed by atoms with Gasteiger partial charge in [-0.1, -0.05) is 150 Å². The van der Waals surface area contributed by atoms with E-state index in [1.165, 1.54) is 76.2 Å². The molecule has 420 valence electrons. The molecule has 4 aliphatic rings. The molecule has 1 saturated heterocycles. The number of halogens is 6. The van der Waals surface area contributed by atoms with Gasteiger partial charge in [-0.25, -0.2) is 19.2 Å². The topological polar surface area (TPSA) is 252 Å². The van der Waals surface area contributed by atoms with Gasteiger partial charge in [0, 0.05) is 37.7 Å². The van der Waals surface area contributed by atoms with E-state index < -0.39 is 159 Å². The summed E-state index contributed by atoms with van der Waals surface area (Å²) >= 11 is 35.3. The van der Waals surface area contributed by atoms with Gasteiger partial charge in [-0.15, -0.1) is 0 Å². The highest BCUT2D eigenvalue weighted by Crippen LogP contribution is 2.65. The molecule has 1 amide bonds. The first-order valence-electron chi connectivity index (χ1n) is 24.1. The highest BCUT2D eigenvalue weighted by molar-refractivity contribution is 6.68. The normalized spacial score (nSPS) is 27.9. The van der Waals surface area contributed by atoms with Gasteiger partial charge in [-0.3, -0.25) is 19.2 Å². The Hall–Kier alpha value is -5.38. The molecule has 2 bridgehead atoms. The second-order valence-electron chi connectivity index (χ2n) is 19.8. The molecule has 3 aromatic carbocycles. The number of rotatable bonds is 14. The largest absolute Gasteiger partial charge is 0.509 e. The molecule has 11 atom stereocenters. The van der Waals surface area contributed by atoms with Crippen LogP contribution in [-0.2, 0) is 61.8 Å². The number of hydrogen-bond donors (Lipinski definition) is 2. The van der Waals surface area contributed by atoms with Crippen LogP contribution < -0.4 is 5.32 Å². The number of benzene rings is 3. The highest BCUT2D eigenvalue weighted by atomic mass is 35.6. The Labute approximate surface area is 477 Å². The predicted octanol–water partition coefficient (Wildman–Crippen LogP) is 8.80. The quantitative estimate of drug-likeness (QED) is 0.0662. The van der Waals surface area contributed by atoms with E-state index in [0.717, 1.165) is 13.8 Å². The van der Waals surface area contributed by atoms with Gasteiger partial charge in [0.2, 0.25) is 13.7 Å². The van der Waals surface area contributed by atoms with Crippen LogP contribution in [0.25, 0.3) is 0 Å². The number of esters is 4. The summed E-state index contributed by atoms with van der Waals surface area (Å²) < 4.78 is 48.5. The average Bonchev–Trinajstić information content (AvgIpc) is 3.15. The summed E-state index contributed by atoms with van der Waals surface area (Å²) in [6.45, 7) is 5.56. The standard InChI is InChI=1S/C53H53Cl6NO18/c1-27-33(74-45(66)39(76-47(68)72-26-53(57,58)59)37(30-16-10-7-11-17-30)60-43(64)31-18-12-8-13-19-31)23-51(69)42(77-44(65)32-20-14-9-15-21-32)40-49(6,41(63)38(73-28(2)61)36(27)48(51,4)5)34(75-46(67)71-25-52(54,55)56)22-35-50(40,24-70-35)78-29(3)62/h7-21,33-35,37-40,42,69H,22-26H2,1-6H3,(H,60,64)/t33-,34-,35+,37-,38+,39+,40-,42-,49+,50-,51+/m0/s1. The van der Waals surface area contributed by atoms with E-state index in [4.69, 9.17) is 112 Å². The van der Waals surface area contributed by atoms with Crippen molar-refractivity contribution in [2.45, 2.75) is 116 Å². The smallest absolute Gasteiger partial charge is 0.455 e. The second-order valence-corrected chi connectivity index (χ2v) is 24.9. The number of carbonyl (C=O) groups is 8. The zero-order valence-corrected chi connectivity index (χ0v) is 47.0. The molecule has 1 aliphatic heterocycles. The number of amides is 1. The molecule has 3 fully saturated rings. The van der Waals surface area contributed by atoms with Gasteiger partial charge in [-0.05, 0) is 54.8 Å². The molecule has 2 N–H and O–H groups in total. The monoisotopic (exact) mass is 1200 g/mol. The molecule has 0 spiro atoms. The molecule has 2 saturated carbocycles. The van der Waals surface area contributed by atoms with Crippen molar-refractivity contribution in [1.29, 1.82) is 0 Å². The van der Waals surface area contributed by atoms with E-state index in [1.54, 1.807) is 42.5 Å². The third-order valence-electron chi connectivity index (χ3n) is 14.6. The molecule has 78 heavy (non-hydrogen) atoms. The third kappa shape index (κ3) is 12.5. The van der Waals surface area contributed by atoms with Gasteiger partial charge in [-0.2, -0.15) is 0 Å². The third-order valence-corrected chi connectivity index (χ3v) is 15.2. The van der Waals surface area contributed by atoms with E-state index in [0.29, 0.717) is 0 Å². The summed E-state index contributed by atoms with van der Waals surface area (Å²) in [5.74, 6) is -8.00. The van der Waals surface area contributed by atoms with Crippen LogP contribution in [0.2, 0.25) is 0 Å². The molecular weight excluding hydrogens is 1150 g/mol. The average molecular weight is 1200 g/mol. The van der Waals surface area contributed by atoms with Crippen LogP contribution in [-0.4, -0.2) is 128 Å². The lowest BCUT2D eigenvalue weighted by atomic mass is 9.44. The Bertz CT molecular complexity index is 2830. The van der Waals surface area contributed by atoms with E-state index in [2.05, 4.69) is 5.32 Å². The van der Waals surface area contributed by atoms with E-state index in [1.807, 2.05) is 0 Å². The second kappa shape index (κ2) is 23.4. The number of aliphatic hydroxyl groups is 1. The van der Waals surface area contributed by atoms with Crippen LogP contribution >= 0.6 is 69.6 Å². The number of alkyl halides is 6. The number of hydrogen-bond acceptors (Lipinski definition) is 18. The number of fused-ring (bicyclic) bond motifs is 5. The van der Waals surface area contributed by atoms with Crippen molar-refractivity contribution in [1.82, 2.24) is 5.32 Å². The van der Waals surface area contributed by atoms with Crippen LogP contribution in [0.5, 0.6) is 0 Å². The molecule has 3 aromatic rings. The van der Waals surface area contributed by atoms with Gasteiger partial charge >= 0.3 is 36.2 Å². The Kier molecular flexibility index (Phi) is 18.1. The summed E-state index contributed by atoms with van der Waals surface area (Å²) in [6, 6.07) is 21.6. The van der Waals surface area contributed by atoms with Crippen molar-refractivity contribution in [2.24, 2.45) is 16.7 Å². The molecule has 19 nitrogen and oxygen atoms in total. The Balaban J connectivity index is 1.45. The summed E-state index contributed by atoms with van der Waals surface area (Å²) in [5, 5.41) is 16.9. The Morgan fingerprint density at radius 1 is 0.744 bits per heavy atom. The molecular formula is C53H53Cl6NO18. The van der Waals surface area contributed by atoms with E-state index in [9.17, 15) is 33.9 Å². The van der Waals surface area contributed by atoms with Crippen LogP contribution in [0.15, 0.2) is 102 Å². The lowest BCUT2D eigenvalue weighted by Gasteiger charge is -2.67. The zero-order chi connectivity index (χ0) is 57.3. The fraction of sp³-hybridized carbons (Fsp3) is 0.472. The van der Waals surface area contributed by atoms with Crippen molar-refractivity contribution in [3.05, 3.63) is 119 Å². The summed E-state index contributed by atoms with van der Waals surface area (Å²) in [7, 11) is 0. The minimum atomic E-state index is -2.65. The maximum absolute atomic E-state index is 16.2. The fourth-order valence-electron chi connectivity index (χ4n) is 11.0. The summed E-state index contributed by atoms with van der Waals surface area (Å²) in [5.41, 5.74) is -8.78. The molecule has 0 aromatic heterocycles. The van der Waals surface area contributed by atoms with Crippen LogP contribution in [0.4, 0.5) is 9.59 Å². The van der Waals surface area contributed by atoms with Gasteiger partial charge in [0.05, 0.1) is 23.5 Å². The Morgan fingerprint density at radius 2 is 1.29 bits per heavy atom. The SMILES string of the molecule is CC(=O)O[C@H]1C(=O)[C@]2(C)[C@@H](OC(=O)OCC(Cl)(Cl)Cl)C[C@H]3OC[C@@]3(OC(C)=O)[C@H]2[C@H](OC(=O)c2ccccc2)[C@]2(O)C[C@H](OC(=O)[C@H](OC(=O)OCC(Cl)(Cl)Cl)[C@@H](NC(=O)c3ccccc3)c3ccccc3)C(C)=C1C2(C)C. The van der Waals surface area contributed by atoms with Crippen molar-refractivity contribution in [2.75, 3.05) is 19.8 Å². The molecule has 25 heteroatoms. The first-order valence-corrected chi connectivity index (χ1v) is 26.3. The van der Waals surface area contributed by atoms with Crippen LogP contribution in [0.3, 0.4) is 0 Å². The van der Waals surface area contributed by atoms with Crippen molar-refractivity contribution < 1.29 is 86.1 Å². The predicted molar refractivity (Wildman–Crippen MR) is 279 cm³/mol. The minimum Gasteiger partial charge on any atom is -0.455 e. The van der Waals surface area contributed by atoms with E-state index >= 15 is 9.59 Å². The summed E-state index contributed by atoms with van der Waals surface area (Å²) in [4.78, 5) is 114. The molecule has 0 unspecified atom stereocenters. The summed E-state index contributed by atoms with van der Waals surface area (Å²) in [6.07, 6.45) is -15.2. The molecule has 1 heterocycles. The molecule has 3 aliphatic carbocycles. The molecule has 7 rings (SSSR count). The lowest BCUT2D eigenvalue weighted by molar-refractivity contribution is -0.346. The van der Waals surface area contributed by atoms with Crippen molar-refractivity contribution >= 4 is 117 Å². The van der Waals surface area contributed by atoms with E-state index in [-0.39, 0.29) is 27.8 Å². The maximum atomic E-state index is 16.2. The number of ketones is 1. The van der Waals surface area contributed by atoms with Gasteiger partial charge < -0.3 is 53.1 Å². The van der Waals surface area contributed by atoms with Crippen molar-refractivity contribution in [3.8, 4) is 0 Å². The lowest BCUT2D eigenvalue weighted by Crippen LogP contribution is -2.82. The first-order chi connectivity index (χ1) is 36.4. The number of Topliss-reactive ketones (excluding diaryl/α,β-unsaturated/α-hetero) is 1. The van der Waals surface area contributed by atoms with Crippen LogP contribution in [0.1, 0.15) is 86.7 Å². The maximum Gasteiger partial charge on any atom is 0.509 e. The number of carbonyl (C=O) groups excluding carboxylic acids is 8. The van der Waals surface area contributed by atoms with Crippen molar-refractivity contribution in [3.63, 3.8) is 0 Å². The molecule has 0 radical (unpaired) electrons. The first kappa shape index (κ1) is 60.3. The number of ether oxygens (including phenoxy) is 9. The van der Waals surface area contributed by atoms with Crippen LogP contribution in [0, 0.1) is 16.7 Å². The minimum absolute atomic E-state index is 0.00941. The van der Waals surface area contributed by atoms with Gasteiger partial charge in [0.25, 0.3) is 5.91 Å². The Morgan fingerprint density at radius 3 is 1.82 bits per heavy atom. The zero-order valence-electron chi connectivity index (χ0n) is 42.5. The van der Waals surface area contributed by atoms with Gasteiger partial charge in [0.1, 0.15) is 49.3 Å².